The first-order valence-electron chi connectivity index (χ1n) is 4.65. The fraction of sp³-hybridized carbons (Fsp3) is 0.400. The molecule has 1 saturated carbocycles. The molecule has 0 radical (unpaired) electrons. The highest BCUT2D eigenvalue weighted by atomic mass is 16.5. The molecule has 2 rings (SSSR count). The number of rotatable bonds is 4. The molecule has 0 aliphatic heterocycles. The molecule has 0 unspecified atom stereocenters. The van der Waals surface area contributed by atoms with E-state index in [9.17, 15) is 4.79 Å². The number of pyridine rings is 1. The molecule has 0 aromatic carbocycles. The first kappa shape index (κ1) is 9.76. The highest BCUT2D eigenvalue weighted by molar-refractivity contribution is 5.89. The zero-order valence-electron chi connectivity index (χ0n) is 8.27. The van der Waals surface area contributed by atoms with Crippen LogP contribution in [0.15, 0.2) is 12.3 Å². The number of hydrogen-bond acceptors (Lipinski definition) is 4. The average Bonchev–Trinajstić information content (AvgIpc) is 3.01. The van der Waals surface area contributed by atoms with Crippen LogP contribution < -0.4 is 9.47 Å². The van der Waals surface area contributed by atoms with Crippen molar-refractivity contribution in [3.05, 3.63) is 18.0 Å². The molecule has 1 aromatic rings. The van der Waals surface area contributed by atoms with Gasteiger partial charge in [-0.15, -0.1) is 0 Å². The number of carboxylic acids is 1. The molecule has 0 spiro atoms. The van der Waals surface area contributed by atoms with E-state index in [2.05, 4.69) is 4.98 Å². The summed E-state index contributed by atoms with van der Waals surface area (Å²) in [5, 5.41) is 8.87. The first-order chi connectivity index (χ1) is 7.22. The van der Waals surface area contributed by atoms with Crippen LogP contribution in [-0.2, 0) is 0 Å². The second-order valence-corrected chi connectivity index (χ2v) is 3.31. The van der Waals surface area contributed by atoms with Crippen LogP contribution >= 0.6 is 0 Å². The fourth-order valence-electron chi connectivity index (χ4n) is 1.24. The molecule has 1 aliphatic carbocycles. The van der Waals surface area contributed by atoms with E-state index in [-0.39, 0.29) is 17.5 Å². The van der Waals surface area contributed by atoms with Crippen molar-refractivity contribution in [2.75, 3.05) is 7.11 Å². The quantitative estimate of drug-likeness (QED) is 0.810. The van der Waals surface area contributed by atoms with Gasteiger partial charge in [0.2, 0.25) is 0 Å². The van der Waals surface area contributed by atoms with Crippen LogP contribution in [0.5, 0.6) is 11.5 Å². The minimum Gasteiger partial charge on any atom is -0.491 e. The Hall–Kier alpha value is -1.78. The minimum absolute atomic E-state index is 0.115. The Bertz CT molecular complexity index is 387. The number of ether oxygens (including phenoxy) is 2. The van der Waals surface area contributed by atoms with E-state index in [4.69, 9.17) is 14.6 Å². The zero-order chi connectivity index (χ0) is 10.8. The van der Waals surface area contributed by atoms with Gasteiger partial charge in [0.1, 0.15) is 0 Å². The highest BCUT2D eigenvalue weighted by Crippen LogP contribution is 2.34. The van der Waals surface area contributed by atoms with Crippen LogP contribution in [0.3, 0.4) is 0 Å². The Balaban J connectivity index is 2.34. The van der Waals surface area contributed by atoms with Crippen LogP contribution in [0.2, 0.25) is 0 Å². The molecule has 0 amide bonds. The lowest BCUT2D eigenvalue weighted by Gasteiger charge is -2.10. The Morgan fingerprint density at radius 1 is 1.60 bits per heavy atom. The third-order valence-electron chi connectivity index (χ3n) is 2.09. The number of aromatic carboxylic acids is 1. The summed E-state index contributed by atoms with van der Waals surface area (Å²) in [5.41, 5.74) is -0.115. The SMILES string of the molecule is COc1c(OC2CC2)ccnc1C(=O)O. The van der Waals surface area contributed by atoms with E-state index in [1.54, 1.807) is 6.07 Å². The van der Waals surface area contributed by atoms with E-state index in [0.717, 1.165) is 12.8 Å². The van der Waals surface area contributed by atoms with E-state index in [1.807, 2.05) is 0 Å². The van der Waals surface area contributed by atoms with E-state index in [0.29, 0.717) is 5.75 Å². The summed E-state index contributed by atoms with van der Waals surface area (Å²) in [6, 6.07) is 1.61. The Labute approximate surface area is 86.7 Å². The smallest absolute Gasteiger partial charge is 0.358 e. The van der Waals surface area contributed by atoms with E-state index >= 15 is 0 Å². The van der Waals surface area contributed by atoms with Crippen LogP contribution in [0.4, 0.5) is 0 Å². The van der Waals surface area contributed by atoms with Gasteiger partial charge in [0.15, 0.2) is 17.2 Å². The van der Waals surface area contributed by atoms with Gasteiger partial charge in [-0.05, 0) is 12.8 Å². The lowest BCUT2D eigenvalue weighted by atomic mass is 10.3. The molecule has 1 heterocycles. The van der Waals surface area contributed by atoms with Crippen LogP contribution in [0, 0.1) is 0 Å². The van der Waals surface area contributed by atoms with Crippen molar-refractivity contribution >= 4 is 5.97 Å². The standard InChI is InChI=1S/C10H11NO4/c1-14-9-7(15-6-2-3-6)4-5-11-8(9)10(12)13/h4-6H,2-3H2,1H3,(H,12,13). The summed E-state index contributed by atoms with van der Waals surface area (Å²) in [7, 11) is 1.41. The summed E-state index contributed by atoms with van der Waals surface area (Å²) >= 11 is 0. The summed E-state index contributed by atoms with van der Waals surface area (Å²) in [5.74, 6) is -0.475. The van der Waals surface area contributed by atoms with Crippen molar-refractivity contribution in [3.8, 4) is 11.5 Å². The minimum atomic E-state index is -1.12. The van der Waals surface area contributed by atoms with Crippen molar-refractivity contribution in [1.82, 2.24) is 4.98 Å². The Morgan fingerprint density at radius 2 is 2.33 bits per heavy atom. The molecular weight excluding hydrogens is 198 g/mol. The van der Waals surface area contributed by atoms with Crippen molar-refractivity contribution in [3.63, 3.8) is 0 Å². The molecule has 1 aromatic heterocycles. The van der Waals surface area contributed by atoms with Crippen molar-refractivity contribution < 1.29 is 19.4 Å². The number of nitrogens with zero attached hydrogens (tertiary/aromatic N) is 1. The zero-order valence-corrected chi connectivity index (χ0v) is 8.27. The number of carboxylic acid groups (broad SMARTS) is 1. The van der Waals surface area contributed by atoms with Crippen LogP contribution in [0.25, 0.3) is 0 Å². The predicted molar refractivity (Wildman–Crippen MR) is 51.4 cm³/mol. The molecule has 5 heteroatoms. The number of hydrogen-bond donors (Lipinski definition) is 1. The summed E-state index contributed by atoms with van der Waals surface area (Å²) in [6.07, 6.45) is 3.62. The monoisotopic (exact) mass is 209 g/mol. The van der Waals surface area contributed by atoms with Gasteiger partial charge in [-0.1, -0.05) is 0 Å². The molecular formula is C10H11NO4. The first-order valence-corrected chi connectivity index (χ1v) is 4.65. The Kier molecular flexibility index (Phi) is 2.45. The number of methoxy groups -OCH3 is 1. The Morgan fingerprint density at radius 3 is 2.87 bits per heavy atom. The molecule has 80 valence electrons. The van der Waals surface area contributed by atoms with Crippen LogP contribution in [-0.4, -0.2) is 29.3 Å². The van der Waals surface area contributed by atoms with Gasteiger partial charge in [-0.2, -0.15) is 0 Å². The van der Waals surface area contributed by atoms with Gasteiger partial charge in [-0.3, -0.25) is 0 Å². The fourth-order valence-corrected chi connectivity index (χ4v) is 1.24. The maximum Gasteiger partial charge on any atom is 0.358 e. The lowest BCUT2D eigenvalue weighted by Crippen LogP contribution is -2.06. The van der Waals surface area contributed by atoms with Crippen LogP contribution in [0.1, 0.15) is 23.3 Å². The molecule has 0 atom stereocenters. The molecule has 0 saturated heterocycles. The summed E-state index contributed by atoms with van der Waals surface area (Å²) in [4.78, 5) is 14.6. The second kappa shape index (κ2) is 3.76. The van der Waals surface area contributed by atoms with Crippen molar-refractivity contribution in [1.29, 1.82) is 0 Å². The lowest BCUT2D eigenvalue weighted by molar-refractivity contribution is 0.0685. The third-order valence-corrected chi connectivity index (χ3v) is 2.09. The van der Waals surface area contributed by atoms with Gasteiger partial charge < -0.3 is 14.6 Å². The maximum absolute atomic E-state index is 10.8. The predicted octanol–water partition coefficient (Wildman–Crippen LogP) is 1.33. The topological polar surface area (TPSA) is 68.7 Å². The largest absolute Gasteiger partial charge is 0.491 e. The van der Waals surface area contributed by atoms with Gasteiger partial charge in [-0.25, -0.2) is 9.78 Å². The number of aromatic nitrogens is 1. The van der Waals surface area contributed by atoms with Crippen molar-refractivity contribution in [2.45, 2.75) is 18.9 Å². The van der Waals surface area contributed by atoms with Gasteiger partial charge in [0.05, 0.1) is 13.2 Å². The normalized spacial score (nSPS) is 14.7. The van der Waals surface area contributed by atoms with E-state index in [1.165, 1.54) is 13.3 Å². The molecule has 1 fully saturated rings. The molecule has 1 N–H and O–H groups in total. The summed E-state index contributed by atoms with van der Waals surface area (Å²) < 4.78 is 10.5. The third kappa shape index (κ3) is 2.01. The number of carbonyl (C=O) groups is 1. The van der Waals surface area contributed by atoms with Gasteiger partial charge in [0, 0.05) is 12.3 Å². The highest BCUT2D eigenvalue weighted by Gasteiger charge is 2.26. The van der Waals surface area contributed by atoms with E-state index < -0.39 is 5.97 Å². The average molecular weight is 209 g/mol. The molecule has 1 aliphatic rings. The molecule has 15 heavy (non-hydrogen) atoms. The summed E-state index contributed by atoms with van der Waals surface area (Å²) in [6.45, 7) is 0. The van der Waals surface area contributed by atoms with Gasteiger partial charge >= 0.3 is 5.97 Å². The van der Waals surface area contributed by atoms with Crippen molar-refractivity contribution in [2.24, 2.45) is 0 Å². The van der Waals surface area contributed by atoms with Gasteiger partial charge in [0.25, 0.3) is 0 Å². The molecule has 0 bridgehead atoms. The second-order valence-electron chi connectivity index (χ2n) is 3.31. The maximum atomic E-state index is 10.8. The molecule has 5 nitrogen and oxygen atoms in total.